The molecule has 2 aliphatic rings. The molecule has 2 unspecified atom stereocenters. The standard InChI is InChI=1S/C18H27FN2O2/c1-23-18-7-6-14(12-15(18)19)13-20-8-10-21(11-9-20)16-4-2-3-5-17(16)22/h6-7,12,16-17,22H,2-5,8-11,13H2,1H3. The number of methoxy groups -OCH3 is 1. The van der Waals surface area contributed by atoms with Crippen LogP contribution >= 0.6 is 0 Å². The second-order valence-electron chi connectivity index (χ2n) is 6.70. The first-order valence-corrected chi connectivity index (χ1v) is 8.64. The molecule has 2 fully saturated rings. The van der Waals surface area contributed by atoms with Crippen molar-refractivity contribution >= 4 is 0 Å². The molecule has 0 radical (unpaired) electrons. The molecule has 0 aromatic heterocycles. The van der Waals surface area contributed by atoms with E-state index in [1.54, 1.807) is 12.1 Å². The van der Waals surface area contributed by atoms with Crippen LogP contribution < -0.4 is 4.74 Å². The fourth-order valence-corrected chi connectivity index (χ4v) is 3.84. The first kappa shape index (κ1) is 16.7. The fraction of sp³-hybridized carbons (Fsp3) is 0.667. The summed E-state index contributed by atoms with van der Waals surface area (Å²) < 4.78 is 18.7. The summed E-state index contributed by atoms with van der Waals surface area (Å²) in [7, 11) is 1.48. The third-order valence-corrected chi connectivity index (χ3v) is 5.19. The largest absolute Gasteiger partial charge is 0.494 e. The number of hydrogen-bond donors (Lipinski definition) is 1. The lowest BCUT2D eigenvalue weighted by Crippen LogP contribution is -2.54. The second-order valence-corrected chi connectivity index (χ2v) is 6.70. The molecule has 2 atom stereocenters. The predicted molar refractivity (Wildman–Crippen MR) is 88.1 cm³/mol. The van der Waals surface area contributed by atoms with Crippen molar-refractivity contribution in [2.75, 3.05) is 33.3 Å². The van der Waals surface area contributed by atoms with Crippen LogP contribution in [0.1, 0.15) is 31.2 Å². The van der Waals surface area contributed by atoms with Crippen molar-refractivity contribution < 1.29 is 14.2 Å². The summed E-state index contributed by atoms with van der Waals surface area (Å²) in [5, 5.41) is 10.2. The van der Waals surface area contributed by atoms with Gasteiger partial charge in [0.15, 0.2) is 11.6 Å². The molecular formula is C18H27FN2O2. The molecule has 128 valence electrons. The highest BCUT2D eigenvalue weighted by Gasteiger charge is 2.30. The maximum absolute atomic E-state index is 13.8. The number of aliphatic hydroxyl groups excluding tert-OH is 1. The number of piperazine rings is 1. The van der Waals surface area contributed by atoms with Crippen molar-refractivity contribution in [2.45, 2.75) is 44.4 Å². The van der Waals surface area contributed by atoms with Crippen LogP contribution in [0.25, 0.3) is 0 Å². The Balaban J connectivity index is 1.52. The number of hydrogen-bond acceptors (Lipinski definition) is 4. The van der Waals surface area contributed by atoms with E-state index in [1.807, 2.05) is 6.07 Å². The van der Waals surface area contributed by atoms with E-state index in [9.17, 15) is 9.50 Å². The van der Waals surface area contributed by atoms with Gasteiger partial charge in [-0.1, -0.05) is 18.9 Å². The summed E-state index contributed by atoms with van der Waals surface area (Å²) >= 11 is 0. The summed E-state index contributed by atoms with van der Waals surface area (Å²) in [5.74, 6) is -0.00109. The highest BCUT2D eigenvalue weighted by Crippen LogP contribution is 2.25. The fourth-order valence-electron chi connectivity index (χ4n) is 3.84. The number of nitrogens with zero attached hydrogens (tertiary/aromatic N) is 2. The van der Waals surface area contributed by atoms with Crippen molar-refractivity contribution in [1.82, 2.24) is 9.80 Å². The van der Waals surface area contributed by atoms with Crippen LogP contribution in [0.5, 0.6) is 5.75 Å². The third kappa shape index (κ3) is 4.03. The van der Waals surface area contributed by atoms with E-state index in [2.05, 4.69) is 9.80 Å². The van der Waals surface area contributed by atoms with E-state index in [1.165, 1.54) is 13.5 Å². The van der Waals surface area contributed by atoms with Crippen molar-refractivity contribution in [2.24, 2.45) is 0 Å². The lowest BCUT2D eigenvalue weighted by Gasteiger charge is -2.42. The Hall–Kier alpha value is -1.17. The van der Waals surface area contributed by atoms with Crippen molar-refractivity contribution in [3.8, 4) is 5.75 Å². The van der Waals surface area contributed by atoms with E-state index in [4.69, 9.17) is 4.74 Å². The number of benzene rings is 1. The molecule has 1 aliphatic carbocycles. The highest BCUT2D eigenvalue weighted by atomic mass is 19.1. The zero-order chi connectivity index (χ0) is 16.2. The van der Waals surface area contributed by atoms with Crippen LogP contribution in [0.2, 0.25) is 0 Å². The molecular weight excluding hydrogens is 295 g/mol. The van der Waals surface area contributed by atoms with Crippen LogP contribution in [-0.2, 0) is 6.54 Å². The van der Waals surface area contributed by atoms with Crippen LogP contribution in [0.15, 0.2) is 18.2 Å². The van der Waals surface area contributed by atoms with Gasteiger partial charge in [-0.25, -0.2) is 4.39 Å². The number of aliphatic hydroxyl groups is 1. The van der Waals surface area contributed by atoms with Gasteiger partial charge in [-0.2, -0.15) is 0 Å². The van der Waals surface area contributed by atoms with Crippen LogP contribution in [-0.4, -0.2) is 60.3 Å². The molecule has 0 amide bonds. The third-order valence-electron chi connectivity index (χ3n) is 5.19. The summed E-state index contributed by atoms with van der Waals surface area (Å²) in [6.07, 6.45) is 4.28. The maximum Gasteiger partial charge on any atom is 0.165 e. The molecule has 1 aromatic carbocycles. The molecule has 1 aromatic rings. The SMILES string of the molecule is COc1ccc(CN2CCN(C3CCCCC3O)CC2)cc1F. The minimum absolute atomic E-state index is 0.161. The number of halogens is 1. The van der Waals surface area contributed by atoms with Gasteiger partial charge in [-0.3, -0.25) is 9.80 Å². The first-order valence-electron chi connectivity index (χ1n) is 8.64. The Morgan fingerprint density at radius 1 is 1.17 bits per heavy atom. The van der Waals surface area contributed by atoms with Crippen LogP contribution in [0.3, 0.4) is 0 Å². The summed E-state index contributed by atoms with van der Waals surface area (Å²) in [6.45, 7) is 4.68. The van der Waals surface area contributed by atoms with Gasteiger partial charge >= 0.3 is 0 Å². The molecule has 3 rings (SSSR count). The Bertz CT molecular complexity index is 518. The minimum Gasteiger partial charge on any atom is -0.494 e. The second kappa shape index (κ2) is 7.60. The average molecular weight is 322 g/mol. The Kier molecular flexibility index (Phi) is 5.51. The van der Waals surface area contributed by atoms with Crippen molar-refractivity contribution in [3.63, 3.8) is 0 Å². The van der Waals surface area contributed by atoms with Gasteiger partial charge in [0.2, 0.25) is 0 Å². The lowest BCUT2D eigenvalue weighted by molar-refractivity contribution is -0.00473. The van der Waals surface area contributed by atoms with Gasteiger partial charge in [-0.05, 0) is 30.5 Å². The monoisotopic (exact) mass is 322 g/mol. The molecule has 0 spiro atoms. The van der Waals surface area contributed by atoms with Gasteiger partial charge in [0, 0.05) is 38.8 Å². The quantitative estimate of drug-likeness (QED) is 0.922. The van der Waals surface area contributed by atoms with E-state index in [0.29, 0.717) is 11.8 Å². The van der Waals surface area contributed by atoms with E-state index >= 15 is 0 Å². The summed E-state index contributed by atoms with van der Waals surface area (Å²) in [5.41, 5.74) is 0.981. The molecule has 5 heteroatoms. The summed E-state index contributed by atoms with van der Waals surface area (Å²) in [6, 6.07) is 5.53. The van der Waals surface area contributed by atoms with E-state index in [-0.39, 0.29) is 11.9 Å². The van der Waals surface area contributed by atoms with Crippen LogP contribution in [0, 0.1) is 5.82 Å². The predicted octanol–water partition coefficient (Wildman–Crippen LogP) is 2.26. The van der Waals surface area contributed by atoms with Crippen molar-refractivity contribution in [1.29, 1.82) is 0 Å². The highest BCUT2D eigenvalue weighted by molar-refractivity contribution is 5.29. The van der Waals surface area contributed by atoms with E-state index in [0.717, 1.165) is 57.5 Å². The first-order chi connectivity index (χ1) is 11.2. The van der Waals surface area contributed by atoms with Gasteiger partial charge in [0.25, 0.3) is 0 Å². The minimum atomic E-state index is -0.297. The Morgan fingerprint density at radius 3 is 2.57 bits per heavy atom. The van der Waals surface area contributed by atoms with Crippen molar-refractivity contribution in [3.05, 3.63) is 29.6 Å². The zero-order valence-electron chi connectivity index (χ0n) is 13.9. The van der Waals surface area contributed by atoms with E-state index < -0.39 is 0 Å². The average Bonchev–Trinajstić information content (AvgIpc) is 2.56. The number of ether oxygens (including phenoxy) is 1. The lowest BCUT2D eigenvalue weighted by atomic mass is 9.91. The maximum atomic E-state index is 13.8. The molecule has 0 bridgehead atoms. The zero-order valence-corrected chi connectivity index (χ0v) is 13.9. The molecule has 1 heterocycles. The van der Waals surface area contributed by atoms with Crippen LogP contribution in [0.4, 0.5) is 4.39 Å². The molecule has 23 heavy (non-hydrogen) atoms. The molecule has 1 aliphatic heterocycles. The molecule has 1 N–H and O–H groups in total. The topological polar surface area (TPSA) is 35.9 Å². The Morgan fingerprint density at radius 2 is 1.91 bits per heavy atom. The van der Waals surface area contributed by atoms with Gasteiger partial charge in [0.1, 0.15) is 0 Å². The Labute approximate surface area is 137 Å². The molecule has 1 saturated carbocycles. The smallest absolute Gasteiger partial charge is 0.165 e. The van der Waals surface area contributed by atoms with Gasteiger partial charge in [0.05, 0.1) is 13.2 Å². The molecule has 4 nitrogen and oxygen atoms in total. The normalized spacial score (nSPS) is 27.1. The number of rotatable bonds is 4. The van der Waals surface area contributed by atoms with Gasteiger partial charge in [-0.15, -0.1) is 0 Å². The summed E-state index contributed by atoms with van der Waals surface area (Å²) in [4.78, 5) is 4.79. The molecule has 1 saturated heterocycles. The van der Waals surface area contributed by atoms with Gasteiger partial charge < -0.3 is 9.84 Å².